The fourth-order valence-corrected chi connectivity index (χ4v) is 1.61. The summed E-state index contributed by atoms with van der Waals surface area (Å²) in [6, 6.07) is 11.4. The number of benzene rings is 2. The summed E-state index contributed by atoms with van der Waals surface area (Å²) in [5, 5.41) is 5.40. The van der Waals surface area contributed by atoms with Gasteiger partial charge in [-0.1, -0.05) is 42.4 Å². The minimum atomic E-state index is 0.287. The fourth-order valence-electron chi connectivity index (χ4n) is 1.61. The summed E-state index contributed by atoms with van der Waals surface area (Å²) < 4.78 is 25.8. The Morgan fingerprint density at radius 1 is 1.16 bits per heavy atom. The molecule has 2 aromatic carbocycles. The highest BCUT2D eigenvalue weighted by Gasteiger charge is 2.10. The zero-order valence-electron chi connectivity index (χ0n) is 12.7. The first-order chi connectivity index (χ1) is 10.1. The van der Waals surface area contributed by atoms with Gasteiger partial charge in [-0.2, -0.15) is 0 Å². The molecule has 0 aliphatic rings. The largest absolute Gasteiger partial charge is 0.493 e. The molecule has 2 rings (SSSR count). The van der Waals surface area contributed by atoms with E-state index in [9.17, 15) is 0 Å². The van der Waals surface area contributed by atoms with Gasteiger partial charge in [-0.15, -0.1) is 0 Å². The van der Waals surface area contributed by atoms with Crippen LogP contribution in [-0.2, 0) is 4.79 Å². The van der Waals surface area contributed by atoms with Crippen LogP contribution in [0.5, 0.6) is 11.5 Å². The van der Waals surface area contributed by atoms with Gasteiger partial charge in [0.15, 0.2) is 11.5 Å². The highest BCUT2D eigenvalue weighted by atomic mass is 16.5. The Morgan fingerprint density at radius 2 is 1.79 bits per heavy atom. The third kappa shape index (κ3) is 3.69. The first-order valence-electron chi connectivity index (χ1n) is 6.41. The molecule has 0 unspecified atom stereocenters. The number of rotatable bonds is 3. The van der Waals surface area contributed by atoms with E-state index in [-0.39, 0.29) is 6.04 Å². The maximum atomic E-state index is 8.35. The van der Waals surface area contributed by atoms with Crippen molar-refractivity contribution in [2.45, 2.75) is 0 Å². The lowest BCUT2D eigenvalue weighted by Gasteiger charge is -2.12. The molecule has 19 heavy (non-hydrogen) atoms. The van der Waals surface area contributed by atoms with Crippen LogP contribution in [0.15, 0.2) is 48.5 Å². The Morgan fingerprint density at radius 3 is 2.32 bits per heavy atom. The smallest absolute Gasteiger partial charge is 0.231 e. The number of isocyanates is 1. The second-order valence-corrected chi connectivity index (χ2v) is 3.35. The molecule has 0 saturated carbocycles. The van der Waals surface area contributed by atoms with Crippen molar-refractivity contribution in [1.82, 2.24) is 0 Å². The van der Waals surface area contributed by atoms with Gasteiger partial charge in [0.1, 0.15) is 0 Å². The number of para-hydroxylation sites is 1. The number of hydrogen-bond donors (Lipinski definition) is 1. The normalized spacial score (nSPS) is 10.2. The molecule has 0 bridgehead atoms. The molecule has 0 saturated heterocycles. The van der Waals surface area contributed by atoms with Crippen LogP contribution >= 0.6 is 0 Å². The monoisotopic (exact) mass is 259 g/mol. The van der Waals surface area contributed by atoms with E-state index in [0.29, 0.717) is 17.5 Å². The van der Waals surface area contributed by atoms with E-state index in [1.54, 1.807) is 25.3 Å². The maximum absolute atomic E-state index is 8.35. The second kappa shape index (κ2) is 7.69. The number of methoxy groups -OCH3 is 2. The van der Waals surface area contributed by atoms with Gasteiger partial charge in [-0.25, -0.2) is 10.2 Å². The van der Waals surface area contributed by atoms with Crippen LogP contribution in [0.4, 0.5) is 0 Å². The van der Waals surface area contributed by atoms with Gasteiger partial charge < -0.3 is 9.47 Å². The summed E-state index contributed by atoms with van der Waals surface area (Å²) in [7, 11) is 3.08. The van der Waals surface area contributed by atoms with Crippen molar-refractivity contribution in [3.05, 3.63) is 48.5 Å². The van der Waals surface area contributed by atoms with Crippen LogP contribution in [0.1, 0.15) is 2.74 Å². The minimum Gasteiger partial charge on any atom is -0.493 e. The molecule has 98 valence electrons. The van der Waals surface area contributed by atoms with E-state index in [2.05, 4.69) is 0 Å². The molecule has 0 atom stereocenters. The standard InChI is InChI=1S/C14H14O2.CHNO/c1-15-13-10-6-9-12(14(13)16-2)11-7-4-3-5-8-11;2-1-3/h3-10H,1-2H3;2H/i3D,10D;. The van der Waals surface area contributed by atoms with Crippen molar-refractivity contribution in [3.63, 3.8) is 0 Å². The van der Waals surface area contributed by atoms with Crippen molar-refractivity contribution in [1.29, 1.82) is 5.41 Å². The summed E-state index contributed by atoms with van der Waals surface area (Å²) in [6.45, 7) is 0. The van der Waals surface area contributed by atoms with Gasteiger partial charge in [0.2, 0.25) is 6.08 Å². The predicted molar refractivity (Wildman–Crippen MR) is 73.4 cm³/mol. The number of ether oxygens (including phenoxy) is 2. The zero-order chi connectivity index (χ0) is 15.8. The highest BCUT2D eigenvalue weighted by molar-refractivity contribution is 5.73. The van der Waals surface area contributed by atoms with E-state index < -0.39 is 0 Å². The Labute approximate surface area is 114 Å². The Balaban J connectivity index is 0.000000677. The molecule has 2 aromatic rings. The second-order valence-electron chi connectivity index (χ2n) is 3.35. The van der Waals surface area contributed by atoms with Crippen LogP contribution in [-0.4, -0.2) is 20.3 Å². The summed E-state index contributed by atoms with van der Waals surface area (Å²) in [5.41, 5.74) is 1.78. The van der Waals surface area contributed by atoms with Crippen molar-refractivity contribution in [2.24, 2.45) is 0 Å². The topological polar surface area (TPSA) is 59.4 Å². The zero-order valence-corrected chi connectivity index (χ0v) is 10.7. The Hall–Kier alpha value is -2.58. The molecule has 0 aromatic heterocycles. The van der Waals surface area contributed by atoms with E-state index >= 15 is 0 Å². The lowest BCUT2D eigenvalue weighted by atomic mass is 10.0. The summed E-state index contributed by atoms with van der Waals surface area (Å²) >= 11 is 0. The average Bonchev–Trinajstić information content (AvgIpc) is 2.48. The minimum absolute atomic E-state index is 0.287. The molecule has 1 N–H and O–H groups in total. The molecule has 0 amide bonds. The number of nitrogens with one attached hydrogen (secondary N) is 1. The van der Waals surface area contributed by atoms with E-state index in [1.165, 1.54) is 7.11 Å². The Bertz CT molecular complexity index is 636. The molecular weight excluding hydrogens is 242 g/mol. The third-order valence-electron chi connectivity index (χ3n) is 2.35. The lowest BCUT2D eigenvalue weighted by molar-refractivity contribution is 0.356. The molecule has 0 aliphatic carbocycles. The van der Waals surface area contributed by atoms with Crippen LogP contribution in [0.3, 0.4) is 0 Å². The fraction of sp³-hybridized carbons (Fsp3) is 0.133. The lowest BCUT2D eigenvalue weighted by Crippen LogP contribution is -1.92. The third-order valence-corrected chi connectivity index (χ3v) is 2.35. The maximum Gasteiger partial charge on any atom is 0.231 e. The Kier molecular flexibility index (Phi) is 4.66. The van der Waals surface area contributed by atoms with Gasteiger partial charge >= 0.3 is 0 Å². The van der Waals surface area contributed by atoms with Gasteiger partial charge in [0.05, 0.1) is 17.0 Å². The average molecular weight is 259 g/mol. The SMILES string of the molecule is N=C=O.[2H]c1ccc(-c2ccc([2H])c(OC)c2OC)cc1. The molecular formula is C15H15NO3. The van der Waals surface area contributed by atoms with Crippen LogP contribution in [0.2, 0.25) is 0 Å². The van der Waals surface area contributed by atoms with Gasteiger partial charge in [-0.3, -0.25) is 0 Å². The van der Waals surface area contributed by atoms with Gasteiger partial charge in [0, 0.05) is 5.56 Å². The molecule has 0 spiro atoms. The molecule has 0 heterocycles. The summed E-state index contributed by atoms with van der Waals surface area (Å²) in [4.78, 5) is 8.35. The van der Waals surface area contributed by atoms with E-state index in [1.807, 2.05) is 18.2 Å². The number of hydrogen-bond acceptors (Lipinski definition) is 4. The van der Waals surface area contributed by atoms with Crippen LogP contribution in [0.25, 0.3) is 11.1 Å². The van der Waals surface area contributed by atoms with Crippen molar-refractivity contribution in [3.8, 4) is 22.6 Å². The van der Waals surface area contributed by atoms with Crippen LogP contribution < -0.4 is 9.47 Å². The molecule has 0 radical (unpaired) electrons. The number of carbonyl (C=O) groups excluding carboxylic acids is 1. The predicted octanol–water partition coefficient (Wildman–Crippen LogP) is 3.27. The first kappa shape index (κ1) is 11.5. The van der Waals surface area contributed by atoms with Crippen molar-refractivity contribution >= 4 is 6.08 Å². The first-order valence-corrected chi connectivity index (χ1v) is 5.41. The molecule has 0 aliphatic heterocycles. The van der Waals surface area contributed by atoms with Crippen LogP contribution in [0, 0.1) is 5.41 Å². The summed E-state index contributed by atoms with van der Waals surface area (Å²) in [5.74, 6) is 0.965. The van der Waals surface area contributed by atoms with Gasteiger partial charge in [0.25, 0.3) is 0 Å². The van der Waals surface area contributed by atoms with Gasteiger partial charge in [-0.05, 0) is 11.6 Å². The summed E-state index contributed by atoms with van der Waals surface area (Å²) in [6.07, 6.45) is 0.750. The molecule has 4 heteroatoms. The van der Waals surface area contributed by atoms with Crippen molar-refractivity contribution < 1.29 is 17.0 Å². The van der Waals surface area contributed by atoms with E-state index in [4.69, 9.17) is 22.4 Å². The van der Waals surface area contributed by atoms with E-state index in [0.717, 1.165) is 17.2 Å². The highest BCUT2D eigenvalue weighted by Crippen LogP contribution is 2.37. The molecule has 0 fully saturated rings. The van der Waals surface area contributed by atoms with Crippen molar-refractivity contribution in [2.75, 3.05) is 14.2 Å². The quantitative estimate of drug-likeness (QED) is 0.679. The molecule has 4 nitrogen and oxygen atoms in total.